The molecule has 0 atom stereocenters. The first-order chi connectivity index (χ1) is 15.2. The number of nitrogens with zero attached hydrogens (tertiary/aromatic N) is 4. The van der Waals surface area contributed by atoms with Crippen molar-refractivity contribution in [3.8, 4) is 28.4 Å². The molecule has 0 amide bonds. The van der Waals surface area contributed by atoms with Gasteiger partial charge in [0.2, 0.25) is 10.0 Å². The van der Waals surface area contributed by atoms with Gasteiger partial charge < -0.3 is 14.8 Å². The normalized spacial score (nSPS) is 11.9. The summed E-state index contributed by atoms with van der Waals surface area (Å²) in [6, 6.07) is 14.5. The third-order valence-electron chi connectivity index (χ3n) is 5.20. The fourth-order valence-electron chi connectivity index (χ4n) is 3.43. The number of aromatic nitrogens is 3. The number of para-hydroxylation sites is 1. The van der Waals surface area contributed by atoms with Crippen molar-refractivity contribution in [1.82, 2.24) is 18.7 Å². The number of phenolic OH excluding ortho intramolecular Hbond substituents is 2. The molecular formula is C22H21ClN4O4S. The average Bonchev–Trinajstić information content (AvgIpc) is 3.37. The predicted molar refractivity (Wildman–Crippen MR) is 121 cm³/mol. The van der Waals surface area contributed by atoms with E-state index in [1.165, 1.54) is 24.0 Å². The summed E-state index contributed by atoms with van der Waals surface area (Å²) in [7, 11) is -0.821. The number of aryl methyl sites for hydroxylation is 1. The summed E-state index contributed by atoms with van der Waals surface area (Å²) in [5.74, 6) is -0.839. The van der Waals surface area contributed by atoms with Gasteiger partial charge in [0.1, 0.15) is 16.4 Å². The number of hydrogen-bond donors (Lipinski definition) is 2. The van der Waals surface area contributed by atoms with Crippen molar-refractivity contribution in [1.29, 1.82) is 0 Å². The maximum absolute atomic E-state index is 13.3. The summed E-state index contributed by atoms with van der Waals surface area (Å²) in [6.45, 7) is 0.110. The van der Waals surface area contributed by atoms with Gasteiger partial charge in [-0.25, -0.2) is 13.1 Å². The Labute approximate surface area is 190 Å². The van der Waals surface area contributed by atoms with Crippen molar-refractivity contribution in [2.45, 2.75) is 11.4 Å². The highest BCUT2D eigenvalue weighted by atomic mass is 35.5. The molecule has 2 N–H and O–H groups in total. The van der Waals surface area contributed by atoms with E-state index in [2.05, 4.69) is 5.10 Å². The minimum Gasteiger partial charge on any atom is -0.507 e. The third-order valence-corrected chi connectivity index (χ3v) is 7.35. The van der Waals surface area contributed by atoms with E-state index < -0.39 is 15.8 Å². The number of phenols is 2. The highest BCUT2D eigenvalue weighted by molar-refractivity contribution is 7.89. The molecule has 2 aromatic heterocycles. The molecule has 0 saturated carbocycles. The average molecular weight is 473 g/mol. The molecule has 0 aliphatic carbocycles. The summed E-state index contributed by atoms with van der Waals surface area (Å²) in [6.07, 6.45) is 3.34. The number of hydrogen-bond acceptors (Lipinski definition) is 5. The monoisotopic (exact) mass is 472 g/mol. The lowest BCUT2D eigenvalue weighted by Crippen LogP contribution is -2.27. The van der Waals surface area contributed by atoms with Gasteiger partial charge in [0.25, 0.3) is 0 Å². The Morgan fingerprint density at radius 3 is 2.50 bits per heavy atom. The summed E-state index contributed by atoms with van der Waals surface area (Å²) in [4.78, 5) is -0.325. The zero-order chi connectivity index (χ0) is 23.0. The van der Waals surface area contributed by atoms with Crippen LogP contribution in [0, 0.1) is 0 Å². The van der Waals surface area contributed by atoms with Gasteiger partial charge in [0, 0.05) is 37.6 Å². The van der Waals surface area contributed by atoms with Crippen molar-refractivity contribution >= 4 is 21.6 Å². The molecule has 4 aromatic rings. The van der Waals surface area contributed by atoms with Crippen LogP contribution in [0.15, 0.2) is 71.9 Å². The molecule has 8 nitrogen and oxygen atoms in total. The fourth-order valence-corrected chi connectivity index (χ4v) is 4.88. The number of aromatic hydroxyl groups is 2. The molecule has 0 radical (unpaired) electrons. The third kappa shape index (κ3) is 3.86. The quantitative estimate of drug-likeness (QED) is 0.445. The maximum Gasteiger partial charge on any atom is 0.246 e. The zero-order valence-electron chi connectivity index (χ0n) is 17.3. The molecule has 0 spiro atoms. The summed E-state index contributed by atoms with van der Waals surface area (Å²) < 4.78 is 31.0. The lowest BCUT2D eigenvalue weighted by atomic mass is 10.1. The van der Waals surface area contributed by atoms with Crippen LogP contribution in [0.1, 0.15) is 5.69 Å². The van der Waals surface area contributed by atoms with Crippen molar-refractivity contribution in [3.05, 3.63) is 77.7 Å². The van der Waals surface area contributed by atoms with Crippen molar-refractivity contribution in [2.75, 3.05) is 7.05 Å². The van der Waals surface area contributed by atoms with Gasteiger partial charge in [0.05, 0.1) is 29.1 Å². The van der Waals surface area contributed by atoms with E-state index in [9.17, 15) is 18.6 Å². The summed E-state index contributed by atoms with van der Waals surface area (Å²) in [5, 5.41) is 25.6. The number of halogens is 1. The molecule has 166 valence electrons. The second-order valence-electron chi connectivity index (χ2n) is 7.29. The van der Waals surface area contributed by atoms with Crippen LogP contribution in [0.4, 0.5) is 0 Å². The smallest absolute Gasteiger partial charge is 0.246 e. The van der Waals surface area contributed by atoms with E-state index in [1.54, 1.807) is 30.3 Å². The highest BCUT2D eigenvalue weighted by Crippen LogP contribution is 2.39. The van der Waals surface area contributed by atoms with Crippen LogP contribution in [0.3, 0.4) is 0 Å². The Bertz CT molecular complexity index is 1390. The van der Waals surface area contributed by atoms with Crippen LogP contribution >= 0.6 is 11.6 Å². The number of sulfonamides is 1. The lowest BCUT2D eigenvalue weighted by Gasteiger charge is -2.19. The minimum absolute atomic E-state index is 0.110. The van der Waals surface area contributed by atoms with E-state index in [0.29, 0.717) is 16.4 Å². The number of rotatable bonds is 6. The topological polar surface area (TPSA) is 101 Å². The molecule has 0 saturated heterocycles. The molecule has 0 bridgehead atoms. The van der Waals surface area contributed by atoms with E-state index >= 15 is 0 Å². The molecule has 0 aliphatic heterocycles. The molecule has 0 unspecified atom stereocenters. The van der Waals surface area contributed by atoms with Crippen LogP contribution < -0.4 is 0 Å². The van der Waals surface area contributed by atoms with Gasteiger partial charge in [-0.3, -0.25) is 0 Å². The van der Waals surface area contributed by atoms with Crippen LogP contribution in [0.25, 0.3) is 16.9 Å². The fraction of sp³-hybridized carbons (Fsp3) is 0.136. The second kappa shape index (κ2) is 8.34. The van der Waals surface area contributed by atoms with Crippen LogP contribution in [-0.2, 0) is 23.6 Å². The zero-order valence-corrected chi connectivity index (χ0v) is 18.9. The van der Waals surface area contributed by atoms with Gasteiger partial charge in [0.15, 0.2) is 0 Å². The van der Waals surface area contributed by atoms with Crippen molar-refractivity contribution in [2.24, 2.45) is 7.05 Å². The molecule has 2 heterocycles. The van der Waals surface area contributed by atoms with Crippen LogP contribution in [0.5, 0.6) is 11.5 Å². The first-order valence-electron chi connectivity index (χ1n) is 9.62. The summed E-state index contributed by atoms with van der Waals surface area (Å²) in [5.41, 5.74) is 1.95. The standard InChI is InChI=1S/C22H21ClN4O4S/c1-25-11-5-6-15(25)14-26(2)32(30,31)22-12-16(20(28)13-21(22)29)18-9-10-24-27(18)19-8-4-3-7-17(19)23/h3-13,28-29H,14H2,1-2H3. The number of benzene rings is 2. The molecular weight excluding hydrogens is 452 g/mol. The van der Waals surface area contributed by atoms with Gasteiger partial charge in [-0.15, -0.1) is 0 Å². The molecule has 0 fully saturated rings. The van der Waals surface area contributed by atoms with Crippen molar-refractivity contribution < 1.29 is 18.6 Å². The molecule has 0 aliphatic rings. The Hall–Kier alpha value is -3.27. The van der Waals surface area contributed by atoms with E-state index in [1.807, 2.05) is 29.9 Å². The molecule has 2 aromatic carbocycles. The highest BCUT2D eigenvalue weighted by Gasteiger charge is 2.27. The molecule has 10 heteroatoms. The van der Waals surface area contributed by atoms with Gasteiger partial charge in [-0.1, -0.05) is 23.7 Å². The minimum atomic E-state index is -4.08. The first-order valence-corrected chi connectivity index (χ1v) is 11.4. The Morgan fingerprint density at radius 1 is 1.06 bits per heavy atom. The second-order valence-corrected chi connectivity index (χ2v) is 9.71. The maximum atomic E-state index is 13.3. The lowest BCUT2D eigenvalue weighted by molar-refractivity contribution is 0.427. The summed E-state index contributed by atoms with van der Waals surface area (Å²) >= 11 is 6.30. The SMILES string of the molecule is CN(Cc1cccn1C)S(=O)(=O)c1cc(-c2ccnn2-c2ccccc2Cl)c(O)cc1O. The Kier molecular flexibility index (Phi) is 5.72. The largest absolute Gasteiger partial charge is 0.507 e. The van der Waals surface area contributed by atoms with Crippen LogP contribution in [0.2, 0.25) is 5.02 Å². The predicted octanol–water partition coefficient (Wildman–Crippen LogP) is 3.76. The Morgan fingerprint density at radius 2 is 1.81 bits per heavy atom. The van der Waals surface area contributed by atoms with E-state index in [0.717, 1.165) is 16.1 Å². The molecule has 32 heavy (non-hydrogen) atoms. The van der Waals surface area contributed by atoms with Gasteiger partial charge in [-0.05, 0) is 36.4 Å². The van der Waals surface area contributed by atoms with Gasteiger partial charge in [-0.2, -0.15) is 9.40 Å². The van der Waals surface area contributed by atoms with Crippen molar-refractivity contribution in [3.63, 3.8) is 0 Å². The van der Waals surface area contributed by atoms with Gasteiger partial charge >= 0.3 is 0 Å². The first kappa shape index (κ1) is 21.9. The van der Waals surface area contributed by atoms with E-state index in [-0.39, 0.29) is 22.8 Å². The molecule has 4 rings (SSSR count). The Balaban J connectivity index is 1.80. The van der Waals surface area contributed by atoms with E-state index in [4.69, 9.17) is 11.6 Å². The van der Waals surface area contributed by atoms with Crippen LogP contribution in [-0.4, -0.2) is 44.3 Å².